The van der Waals surface area contributed by atoms with Crippen molar-refractivity contribution in [2.75, 3.05) is 40.3 Å². The van der Waals surface area contributed by atoms with Gasteiger partial charge in [-0.2, -0.15) is 0 Å². The Hall–Kier alpha value is -1.89. The van der Waals surface area contributed by atoms with Crippen molar-refractivity contribution in [3.63, 3.8) is 0 Å². The highest BCUT2D eigenvalue weighted by Gasteiger charge is 2.38. The zero-order valence-electron chi connectivity index (χ0n) is 15.6. The van der Waals surface area contributed by atoms with Crippen LogP contribution < -0.4 is 0 Å². The van der Waals surface area contributed by atoms with Gasteiger partial charge < -0.3 is 14.3 Å². The fourth-order valence-corrected chi connectivity index (χ4v) is 3.70. The Morgan fingerprint density at radius 1 is 1.28 bits per heavy atom. The lowest BCUT2D eigenvalue weighted by atomic mass is 9.94. The van der Waals surface area contributed by atoms with Crippen molar-refractivity contribution in [2.45, 2.75) is 38.6 Å². The van der Waals surface area contributed by atoms with Crippen LogP contribution in [0.25, 0.3) is 0 Å². The highest BCUT2D eigenvalue weighted by Crippen LogP contribution is 2.29. The minimum absolute atomic E-state index is 0.0499. The second-order valence-corrected chi connectivity index (χ2v) is 7.81. The summed E-state index contributed by atoms with van der Waals surface area (Å²) < 4.78 is 5.29. The third-order valence-corrected chi connectivity index (χ3v) is 5.22. The summed E-state index contributed by atoms with van der Waals surface area (Å²) in [5.41, 5.74) is 0.396. The van der Waals surface area contributed by atoms with Crippen LogP contribution in [-0.2, 0) is 4.79 Å². The van der Waals surface area contributed by atoms with Crippen molar-refractivity contribution in [1.82, 2.24) is 19.9 Å². The molecule has 0 saturated carbocycles. The average Bonchev–Trinajstić information content (AvgIpc) is 2.90. The van der Waals surface area contributed by atoms with Crippen LogP contribution in [0.5, 0.6) is 0 Å². The summed E-state index contributed by atoms with van der Waals surface area (Å²) in [6, 6.07) is 1.90. The number of hydrogen-bond donors (Lipinski definition) is 0. The van der Waals surface area contributed by atoms with Gasteiger partial charge >= 0.3 is 0 Å². The summed E-state index contributed by atoms with van der Waals surface area (Å²) in [5, 5.41) is 3.98. The van der Waals surface area contributed by atoms with Crippen LogP contribution >= 0.6 is 0 Å². The summed E-state index contributed by atoms with van der Waals surface area (Å²) in [4.78, 5) is 30.7. The van der Waals surface area contributed by atoms with Gasteiger partial charge in [0.2, 0.25) is 5.91 Å². The van der Waals surface area contributed by atoms with Crippen LogP contribution in [0.1, 0.15) is 48.9 Å². The Morgan fingerprint density at radius 2 is 2.04 bits per heavy atom. The lowest BCUT2D eigenvalue weighted by Gasteiger charge is -2.35. The van der Waals surface area contributed by atoms with Gasteiger partial charge in [0, 0.05) is 51.8 Å². The lowest BCUT2D eigenvalue weighted by molar-refractivity contribution is -0.129. The Bertz CT molecular complexity index is 640. The average molecular weight is 348 g/mol. The molecule has 2 bridgehead atoms. The number of nitrogens with zero attached hydrogens (tertiary/aromatic N) is 4. The monoisotopic (exact) mass is 348 g/mol. The van der Waals surface area contributed by atoms with E-state index < -0.39 is 0 Å². The summed E-state index contributed by atoms with van der Waals surface area (Å²) in [6.45, 7) is 6.81. The van der Waals surface area contributed by atoms with E-state index in [1.54, 1.807) is 25.1 Å². The first-order valence-corrected chi connectivity index (χ1v) is 9.05. The lowest BCUT2D eigenvalue weighted by Crippen LogP contribution is -2.48. The molecule has 0 spiro atoms. The maximum Gasteiger partial charge on any atom is 0.276 e. The molecule has 0 unspecified atom stereocenters. The second kappa shape index (κ2) is 7.15. The molecule has 0 radical (unpaired) electrons. The third-order valence-electron chi connectivity index (χ3n) is 5.22. The van der Waals surface area contributed by atoms with E-state index in [1.807, 2.05) is 18.7 Å². The molecule has 3 aliphatic heterocycles. The number of aromatic nitrogens is 1. The molecule has 3 saturated heterocycles. The van der Waals surface area contributed by atoms with E-state index in [-0.39, 0.29) is 23.8 Å². The normalized spacial score (nSPS) is 23.8. The number of carbonyl (C=O) groups is 2. The summed E-state index contributed by atoms with van der Waals surface area (Å²) >= 11 is 0. The van der Waals surface area contributed by atoms with Crippen LogP contribution in [0.4, 0.5) is 0 Å². The topological polar surface area (TPSA) is 69.9 Å². The molecule has 4 rings (SSSR count). The molecule has 7 heteroatoms. The summed E-state index contributed by atoms with van der Waals surface area (Å²) in [7, 11) is 3.56. The zero-order valence-corrected chi connectivity index (χ0v) is 15.6. The van der Waals surface area contributed by atoms with Crippen LogP contribution in [0.3, 0.4) is 0 Å². The fraction of sp³-hybridized carbons (Fsp3) is 0.722. The molecule has 3 fully saturated rings. The Morgan fingerprint density at radius 3 is 2.68 bits per heavy atom. The zero-order chi connectivity index (χ0) is 18.1. The molecule has 1 aromatic rings. The van der Waals surface area contributed by atoms with E-state index in [4.69, 9.17) is 4.52 Å². The Labute approximate surface area is 148 Å². The standard InChI is InChI=1S/C18H28N4O3/c1-12(2)16-7-15(19-25-16)18(24)22-9-13-5-6-14(22)10-21(8-13)11-17(23)20(3)4/h7,12-14H,5-6,8-11H2,1-4H3/t13-,14+/m0/s1. The van der Waals surface area contributed by atoms with E-state index in [0.29, 0.717) is 18.2 Å². The molecule has 0 aromatic carbocycles. The van der Waals surface area contributed by atoms with Gasteiger partial charge in [-0.1, -0.05) is 19.0 Å². The minimum atomic E-state index is -0.0499. The van der Waals surface area contributed by atoms with E-state index in [9.17, 15) is 9.59 Å². The number of hydrogen-bond acceptors (Lipinski definition) is 5. The molecule has 138 valence electrons. The third kappa shape index (κ3) is 3.86. The number of rotatable bonds is 4. The van der Waals surface area contributed by atoms with Gasteiger partial charge in [-0.05, 0) is 18.8 Å². The van der Waals surface area contributed by atoms with E-state index in [1.165, 1.54) is 0 Å². The van der Waals surface area contributed by atoms with Crippen molar-refractivity contribution in [2.24, 2.45) is 5.92 Å². The largest absolute Gasteiger partial charge is 0.360 e. The first-order chi connectivity index (χ1) is 11.8. The quantitative estimate of drug-likeness (QED) is 0.823. The Kier molecular flexibility index (Phi) is 5.13. The molecule has 0 aliphatic carbocycles. The van der Waals surface area contributed by atoms with Crippen LogP contribution in [0.15, 0.2) is 10.6 Å². The van der Waals surface area contributed by atoms with Crippen molar-refractivity contribution in [1.29, 1.82) is 0 Å². The van der Waals surface area contributed by atoms with Gasteiger partial charge in [0.05, 0.1) is 6.54 Å². The summed E-state index contributed by atoms with van der Waals surface area (Å²) in [6.07, 6.45) is 2.09. The minimum Gasteiger partial charge on any atom is -0.360 e. The maximum atomic E-state index is 12.9. The molecule has 2 atom stereocenters. The van der Waals surface area contributed by atoms with Gasteiger partial charge in [0.15, 0.2) is 5.69 Å². The highest BCUT2D eigenvalue weighted by molar-refractivity contribution is 5.92. The van der Waals surface area contributed by atoms with Crippen molar-refractivity contribution in [3.8, 4) is 0 Å². The van der Waals surface area contributed by atoms with Gasteiger partial charge in [-0.15, -0.1) is 0 Å². The molecule has 2 amide bonds. The summed E-state index contributed by atoms with van der Waals surface area (Å²) in [5.74, 6) is 1.42. The molecule has 7 nitrogen and oxygen atoms in total. The fourth-order valence-electron chi connectivity index (χ4n) is 3.70. The van der Waals surface area contributed by atoms with Crippen LogP contribution in [-0.4, -0.2) is 78.0 Å². The number of fused-ring (bicyclic) bond motifs is 4. The number of amides is 2. The van der Waals surface area contributed by atoms with Crippen LogP contribution in [0, 0.1) is 5.92 Å². The smallest absolute Gasteiger partial charge is 0.276 e. The highest BCUT2D eigenvalue weighted by atomic mass is 16.5. The molecular formula is C18H28N4O3. The van der Waals surface area contributed by atoms with Crippen molar-refractivity contribution >= 4 is 11.8 Å². The first-order valence-electron chi connectivity index (χ1n) is 9.05. The van der Waals surface area contributed by atoms with Crippen LogP contribution in [0.2, 0.25) is 0 Å². The molecule has 4 heterocycles. The second-order valence-electron chi connectivity index (χ2n) is 7.81. The van der Waals surface area contributed by atoms with E-state index in [2.05, 4.69) is 10.1 Å². The van der Waals surface area contributed by atoms with Crippen molar-refractivity contribution in [3.05, 3.63) is 17.5 Å². The number of carbonyl (C=O) groups excluding carboxylic acids is 2. The molecule has 25 heavy (non-hydrogen) atoms. The van der Waals surface area contributed by atoms with E-state index >= 15 is 0 Å². The maximum absolute atomic E-state index is 12.9. The first kappa shape index (κ1) is 17.9. The van der Waals surface area contributed by atoms with Gasteiger partial charge in [-0.3, -0.25) is 14.5 Å². The van der Waals surface area contributed by atoms with Gasteiger partial charge in [-0.25, -0.2) is 0 Å². The van der Waals surface area contributed by atoms with Gasteiger partial charge in [0.25, 0.3) is 5.91 Å². The number of piperidine rings is 1. The predicted octanol–water partition coefficient (Wildman–Crippen LogP) is 1.42. The number of likely N-dealkylation sites (N-methyl/N-ethyl adjacent to an activating group) is 1. The molecule has 0 N–H and O–H groups in total. The van der Waals surface area contributed by atoms with Gasteiger partial charge in [0.1, 0.15) is 5.76 Å². The molecule has 1 aromatic heterocycles. The van der Waals surface area contributed by atoms with Crippen molar-refractivity contribution < 1.29 is 14.1 Å². The van der Waals surface area contributed by atoms with E-state index in [0.717, 1.165) is 38.2 Å². The predicted molar refractivity (Wildman–Crippen MR) is 93.3 cm³/mol. The molecular weight excluding hydrogens is 320 g/mol. The SMILES string of the molecule is CC(C)c1cc(C(=O)N2C[C@H]3CC[C@@H]2CN(CC(=O)N(C)C)C3)no1. The Balaban J connectivity index is 1.71. The molecule has 3 aliphatic rings.